The molecule has 2 amide bonds. The number of hydrogen-bond donors (Lipinski definition) is 1. The van der Waals surface area contributed by atoms with Crippen molar-refractivity contribution in [3.05, 3.63) is 68.1 Å². The van der Waals surface area contributed by atoms with E-state index in [1.54, 1.807) is 12.1 Å². The Hall–Kier alpha value is -1.89. The zero-order valence-corrected chi connectivity index (χ0v) is 20.9. The molecule has 1 N–H and O–H groups in total. The van der Waals surface area contributed by atoms with Crippen molar-refractivity contribution in [1.29, 1.82) is 0 Å². The van der Waals surface area contributed by atoms with Crippen molar-refractivity contribution in [3.63, 3.8) is 0 Å². The van der Waals surface area contributed by atoms with Crippen LogP contribution in [0.15, 0.2) is 40.9 Å². The standard InChI is InChI=1S/C25H29BrClN3O2/c1-16-4-7-22(26)21(10-16)25(32)30-14-19-12-29(13-20(19)15-30)9-3-8-28-24(31)18-6-5-17(2)23(27)11-18/h4-7,10-11,19-20H,3,8-9,12-15H2,1-2H3,(H,28,31). The van der Waals surface area contributed by atoms with E-state index in [1.807, 2.05) is 43.0 Å². The molecule has 2 saturated heterocycles. The second kappa shape index (κ2) is 9.94. The van der Waals surface area contributed by atoms with Gasteiger partial charge in [-0.1, -0.05) is 29.3 Å². The van der Waals surface area contributed by atoms with E-state index >= 15 is 0 Å². The summed E-state index contributed by atoms with van der Waals surface area (Å²) in [5, 5.41) is 3.60. The van der Waals surface area contributed by atoms with E-state index in [1.165, 1.54) is 0 Å². The van der Waals surface area contributed by atoms with Crippen molar-refractivity contribution in [2.75, 3.05) is 39.3 Å². The van der Waals surface area contributed by atoms with Crippen LogP contribution in [0, 0.1) is 25.7 Å². The molecule has 32 heavy (non-hydrogen) atoms. The van der Waals surface area contributed by atoms with Crippen molar-refractivity contribution < 1.29 is 9.59 Å². The van der Waals surface area contributed by atoms with Gasteiger partial charge in [0.1, 0.15) is 0 Å². The molecule has 0 saturated carbocycles. The summed E-state index contributed by atoms with van der Waals surface area (Å²) in [7, 11) is 0. The number of likely N-dealkylation sites (tertiary alicyclic amines) is 2. The fourth-order valence-electron chi connectivity index (χ4n) is 4.75. The van der Waals surface area contributed by atoms with Crippen LogP contribution >= 0.6 is 27.5 Å². The van der Waals surface area contributed by atoms with Gasteiger partial charge >= 0.3 is 0 Å². The molecular weight excluding hydrogens is 490 g/mol. The third-order valence-electron chi connectivity index (χ3n) is 6.57. The normalized spacial score (nSPS) is 20.4. The summed E-state index contributed by atoms with van der Waals surface area (Å²) in [5.74, 6) is 1.11. The Labute approximate surface area is 203 Å². The summed E-state index contributed by atoms with van der Waals surface area (Å²) in [4.78, 5) is 29.8. The molecule has 5 nitrogen and oxygen atoms in total. The van der Waals surface area contributed by atoms with Gasteiger partial charge in [-0.25, -0.2) is 0 Å². The lowest BCUT2D eigenvalue weighted by atomic mass is 10.0. The molecule has 4 rings (SSSR count). The van der Waals surface area contributed by atoms with Gasteiger partial charge < -0.3 is 15.1 Å². The molecule has 0 spiro atoms. The molecule has 2 aliphatic rings. The average Bonchev–Trinajstić information content (AvgIpc) is 3.33. The molecule has 2 unspecified atom stereocenters. The number of hydrogen-bond acceptors (Lipinski definition) is 3. The highest BCUT2D eigenvalue weighted by molar-refractivity contribution is 9.10. The van der Waals surface area contributed by atoms with Gasteiger partial charge in [0.2, 0.25) is 0 Å². The van der Waals surface area contributed by atoms with Crippen LogP contribution in [0.25, 0.3) is 0 Å². The van der Waals surface area contributed by atoms with E-state index in [4.69, 9.17) is 11.6 Å². The van der Waals surface area contributed by atoms with Gasteiger partial charge in [-0.05, 0) is 84.4 Å². The molecule has 2 aromatic rings. The smallest absolute Gasteiger partial charge is 0.255 e. The molecule has 2 aromatic carbocycles. The van der Waals surface area contributed by atoms with Gasteiger partial charge in [-0.3, -0.25) is 9.59 Å². The molecule has 0 aliphatic carbocycles. The number of amides is 2. The Morgan fingerprint density at radius 2 is 1.78 bits per heavy atom. The number of carbonyl (C=O) groups is 2. The molecule has 2 heterocycles. The van der Waals surface area contributed by atoms with Gasteiger partial charge in [0.15, 0.2) is 0 Å². The number of fused-ring (bicyclic) bond motifs is 1. The second-order valence-corrected chi connectivity index (χ2v) is 10.3. The van der Waals surface area contributed by atoms with Crippen LogP contribution in [0.3, 0.4) is 0 Å². The zero-order chi connectivity index (χ0) is 22.8. The number of nitrogens with one attached hydrogen (secondary N) is 1. The molecule has 0 radical (unpaired) electrons. The molecule has 0 aromatic heterocycles. The number of aryl methyl sites for hydroxylation is 2. The first kappa shape index (κ1) is 23.3. The third kappa shape index (κ3) is 5.19. The minimum Gasteiger partial charge on any atom is -0.352 e. The van der Waals surface area contributed by atoms with E-state index in [2.05, 4.69) is 26.1 Å². The Morgan fingerprint density at radius 1 is 1.06 bits per heavy atom. The van der Waals surface area contributed by atoms with Crippen LogP contribution in [0.2, 0.25) is 5.02 Å². The fraction of sp³-hybridized carbons (Fsp3) is 0.440. The van der Waals surface area contributed by atoms with Gasteiger partial charge in [0.25, 0.3) is 11.8 Å². The Kier molecular flexibility index (Phi) is 7.23. The van der Waals surface area contributed by atoms with Gasteiger partial charge in [0, 0.05) is 47.8 Å². The lowest BCUT2D eigenvalue weighted by Crippen LogP contribution is -2.34. The molecule has 170 valence electrons. The Balaban J connectivity index is 1.20. The minimum absolute atomic E-state index is 0.0818. The monoisotopic (exact) mass is 517 g/mol. The van der Waals surface area contributed by atoms with Crippen molar-refractivity contribution in [2.45, 2.75) is 20.3 Å². The van der Waals surface area contributed by atoms with Crippen molar-refractivity contribution in [1.82, 2.24) is 15.1 Å². The lowest BCUT2D eigenvalue weighted by molar-refractivity contribution is 0.0773. The number of rotatable bonds is 6. The van der Waals surface area contributed by atoms with Crippen molar-refractivity contribution in [2.24, 2.45) is 11.8 Å². The summed E-state index contributed by atoms with van der Waals surface area (Å²) in [6, 6.07) is 11.3. The van der Waals surface area contributed by atoms with Crippen LogP contribution in [0.4, 0.5) is 0 Å². The summed E-state index contributed by atoms with van der Waals surface area (Å²) >= 11 is 9.64. The minimum atomic E-state index is -0.0818. The van der Waals surface area contributed by atoms with E-state index in [-0.39, 0.29) is 11.8 Å². The molecule has 2 atom stereocenters. The predicted molar refractivity (Wildman–Crippen MR) is 131 cm³/mol. The van der Waals surface area contributed by atoms with E-state index in [0.717, 1.165) is 60.3 Å². The maximum atomic E-state index is 13.0. The first-order valence-corrected chi connectivity index (χ1v) is 12.3. The topological polar surface area (TPSA) is 52.7 Å². The fourth-order valence-corrected chi connectivity index (χ4v) is 5.35. The van der Waals surface area contributed by atoms with Gasteiger partial charge in [0.05, 0.1) is 5.56 Å². The van der Waals surface area contributed by atoms with Crippen LogP contribution in [0.5, 0.6) is 0 Å². The van der Waals surface area contributed by atoms with Crippen molar-refractivity contribution in [3.8, 4) is 0 Å². The molecule has 7 heteroatoms. The number of halogens is 2. The quantitative estimate of drug-likeness (QED) is 0.571. The summed E-state index contributed by atoms with van der Waals surface area (Å²) in [5.41, 5.74) is 3.42. The van der Waals surface area contributed by atoms with Crippen LogP contribution in [-0.2, 0) is 0 Å². The number of benzene rings is 2. The third-order valence-corrected chi connectivity index (χ3v) is 7.67. The molecular formula is C25H29BrClN3O2. The maximum absolute atomic E-state index is 13.0. The highest BCUT2D eigenvalue weighted by Crippen LogP contribution is 2.33. The van der Waals surface area contributed by atoms with Gasteiger partial charge in [-0.15, -0.1) is 0 Å². The first-order chi connectivity index (χ1) is 15.3. The van der Waals surface area contributed by atoms with Gasteiger partial charge in [-0.2, -0.15) is 0 Å². The predicted octanol–water partition coefficient (Wildman–Crippen LogP) is 4.54. The number of nitrogens with zero attached hydrogens (tertiary/aromatic N) is 2. The summed E-state index contributed by atoms with van der Waals surface area (Å²) in [6.45, 7) is 9.22. The highest BCUT2D eigenvalue weighted by atomic mass is 79.9. The summed E-state index contributed by atoms with van der Waals surface area (Å²) in [6.07, 6.45) is 0.906. The number of carbonyl (C=O) groups excluding carboxylic acids is 2. The Morgan fingerprint density at radius 3 is 2.47 bits per heavy atom. The largest absolute Gasteiger partial charge is 0.352 e. The van der Waals surface area contributed by atoms with E-state index in [9.17, 15) is 9.59 Å². The second-order valence-electron chi connectivity index (χ2n) is 9.05. The molecule has 0 bridgehead atoms. The van der Waals surface area contributed by atoms with E-state index < -0.39 is 0 Å². The first-order valence-electron chi connectivity index (χ1n) is 11.1. The molecule has 2 fully saturated rings. The molecule has 2 aliphatic heterocycles. The van der Waals surface area contributed by atoms with Crippen LogP contribution in [0.1, 0.15) is 38.3 Å². The lowest BCUT2D eigenvalue weighted by Gasteiger charge is -2.22. The maximum Gasteiger partial charge on any atom is 0.255 e. The van der Waals surface area contributed by atoms with Crippen molar-refractivity contribution >= 4 is 39.3 Å². The van der Waals surface area contributed by atoms with Crippen LogP contribution < -0.4 is 5.32 Å². The zero-order valence-electron chi connectivity index (χ0n) is 18.5. The highest BCUT2D eigenvalue weighted by Gasteiger charge is 2.41. The summed E-state index contributed by atoms with van der Waals surface area (Å²) < 4.78 is 0.863. The SMILES string of the molecule is Cc1ccc(Br)c(C(=O)N2CC3CN(CCCNC(=O)c4ccc(C)c(Cl)c4)CC3C2)c1. The average molecular weight is 519 g/mol. The van der Waals surface area contributed by atoms with Crippen LogP contribution in [-0.4, -0.2) is 60.9 Å². The Bertz CT molecular complexity index is 1010. The van der Waals surface area contributed by atoms with E-state index in [0.29, 0.717) is 29.0 Å².